The maximum atomic E-state index is 13.1. The maximum absolute atomic E-state index is 13.1. The summed E-state index contributed by atoms with van der Waals surface area (Å²) in [5.41, 5.74) is 0.822. The summed E-state index contributed by atoms with van der Waals surface area (Å²) in [5, 5.41) is 22.2. The number of nitriles is 1. The predicted molar refractivity (Wildman–Crippen MR) is 107 cm³/mol. The molecule has 31 heavy (non-hydrogen) atoms. The van der Waals surface area contributed by atoms with Gasteiger partial charge in [-0.3, -0.25) is 0 Å². The summed E-state index contributed by atoms with van der Waals surface area (Å²) in [6.07, 6.45) is -1.02. The summed E-state index contributed by atoms with van der Waals surface area (Å²) in [5.74, 6) is 0.336. The van der Waals surface area contributed by atoms with Crippen molar-refractivity contribution in [1.82, 2.24) is 19.9 Å². The number of hydrogen-bond donors (Lipinski definition) is 3. The first-order valence-electron chi connectivity index (χ1n) is 9.13. The lowest BCUT2D eigenvalue weighted by Gasteiger charge is -2.15. The first-order valence-corrected chi connectivity index (χ1v) is 9.13. The largest absolute Gasteiger partial charge is 0.508 e. The molecule has 0 saturated heterocycles. The summed E-state index contributed by atoms with van der Waals surface area (Å²) in [6, 6.07) is 9.30. The Hall–Kier alpha value is -4.13. The Bertz CT molecular complexity index is 1290. The molecule has 0 aliphatic rings. The van der Waals surface area contributed by atoms with Crippen molar-refractivity contribution in [3.8, 4) is 23.1 Å². The van der Waals surface area contributed by atoms with E-state index in [0.717, 1.165) is 17.8 Å². The quantitative estimate of drug-likeness (QED) is 0.435. The molecule has 0 aliphatic carbocycles. The zero-order chi connectivity index (χ0) is 22.2. The standard InChI is InChI=1S/C21H15F3N6O/c1-11(12-2-4-15(31)5-3-12)29-20-28-8-13(7-25)18(30-20)17-10-27-19-16(17)6-14(9-26-19)21(22,23)24/h2-6,8-11,31H,1H3,(H,26,27)(H,28,29,30)/t11-/m1/s1. The van der Waals surface area contributed by atoms with Gasteiger partial charge < -0.3 is 15.4 Å². The SMILES string of the molecule is C[C@@H](Nc1ncc(C#N)c(-c2c[nH]c3ncc(C(F)(F)F)cc23)n1)c1ccc(O)cc1. The monoisotopic (exact) mass is 424 g/mol. The Kier molecular flexibility index (Phi) is 4.94. The van der Waals surface area contributed by atoms with E-state index in [-0.39, 0.29) is 40.0 Å². The van der Waals surface area contributed by atoms with Gasteiger partial charge in [-0.25, -0.2) is 15.0 Å². The van der Waals surface area contributed by atoms with Gasteiger partial charge in [-0.2, -0.15) is 18.4 Å². The zero-order valence-corrected chi connectivity index (χ0v) is 16.1. The second-order valence-corrected chi connectivity index (χ2v) is 6.85. The summed E-state index contributed by atoms with van der Waals surface area (Å²) in [7, 11) is 0. The van der Waals surface area contributed by atoms with E-state index < -0.39 is 11.7 Å². The van der Waals surface area contributed by atoms with Crippen molar-refractivity contribution in [1.29, 1.82) is 5.26 Å². The third-order valence-corrected chi connectivity index (χ3v) is 4.76. The van der Waals surface area contributed by atoms with Crippen molar-refractivity contribution >= 4 is 17.0 Å². The lowest BCUT2D eigenvalue weighted by atomic mass is 10.1. The molecule has 3 N–H and O–H groups in total. The van der Waals surface area contributed by atoms with Crippen molar-refractivity contribution < 1.29 is 18.3 Å². The van der Waals surface area contributed by atoms with E-state index in [9.17, 15) is 23.5 Å². The van der Waals surface area contributed by atoms with Gasteiger partial charge in [0.15, 0.2) is 0 Å². The Morgan fingerprint density at radius 2 is 1.90 bits per heavy atom. The fourth-order valence-corrected chi connectivity index (χ4v) is 3.13. The number of pyridine rings is 1. The highest BCUT2D eigenvalue weighted by Crippen LogP contribution is 2.35. The van der Waals surface area contributed by atoms with E-state index in [4.69, 9.17) is 0 Å². The lowest BCUT2D eigenvalue weighted by molar-refractivity contribution is -0.137. The topological polar surface area (TPSA) is 111 Å². The van der Waals surface area contributed by atoms with E-state index in [2.05, 4.69) is 25.3 Å². The molecular weight excluding hydrogens is 409 g/mol. The van der Waals surface area contributed by atoms with Gasteiger partial charge >= 0.3 is 6.18 Å². The summed E-state index contributed by atoms with van der Waals surface area (Å²) >= 11 is 0. The van der Waals surface area contributed by atoms with E-state index in [1.54, 1.807) is 24.3 Å². The first-order chi connectivity index (χ1) is 14.8. The van der Waals surface area contributed by atoms with Crippen LogP contribution in [0, 0.1) is 11.3 Å². The highest BCUT2D eigenvalue weighted by Gasteiger charge is 2.31. The number of hydrogen-bond acceptors (Lipinski definition) is 6. The number of aromatic hydroxyl groups is 1. The highest BCUT2D eigenvalue weighted by molar-refractivity contribution is 5.94. The first kappa shape index (κ1) is 20.2. The molecule has 7 nitrogen and oxygen atoms in total. The number of aromatic nitrogens is 4. The molecule has 0 saturated carbocycles. The third kappa shape index (κ3) is 3.98. The Morgan fingerprint density at radius 3 is 2.58 bits per heavy atom. The molecule has 4 rings (SSSR count). The minimum atomic E-state index is -4.55. The van der Waals surface area contributed by atoms with E-state index in [1.165, 1.54) is 12.4 Å². The van der Waals surface area contributed by atoms with Crippen molar-refractivity contribution in [2.75, 3.05) is 5.32 Å². The average molecular weight is 424 g/mol. The summed E-state index contributed by atoms with van der Waals surface area (Å²) in [6.45, 7) is 1.86. The molecule has 0 bridgehead atoms. The second-order valence-electron chi connectivity index (χ2n) is 6.85. The number of H-pyrrole nitrogens is 1. The molecule has 3 aromatic heterocycles. The fourth-order valence-electron chi connectivity index (χ4n) is 3.13. The van der Waals surface area contributed by atoms with Crippen LogP contribution in [0.15, 0.2) is 48.9 Å². The van der Waals surface area contributed by atoms with Crippen LogP contribution < -0.4 is 5.32 Å². The van der Waals surface area contributed by atoms with E-state index in [1.807, 2.05) is 13.0 Å². The van der Waals surface area contributed by atoms with E-state index in [0.29, 0.717) is 5.56 Å². The van der Waals surface area contributed by atoms with Gasteiger partial charge in [-0.15, -0.1) is 0 Å². The number of fused-ring (bicyclic) bond motifs is 1. The van der Waals surface area contributed by atoms with Gasteiger partial charge in [0.1, 0.15) is 17.5 Å². The number of aromatic amines is 1. The van der Waals surface area contributed by atoms with Crippen LogP contribution in [0.2, 0.25) is 0 Å². The van der Waals surface area contributed by atoms with Gasteiger partial charge in [-0.1, -0.05) is 12.1 Å². The molecule has 1 aromatic carbocycles. The minimum absolute atomic E-state index is 0.112. The molecule has 4 aromatic rings. The molecule has 0 fully saturated rings. The molecule has 0 radical (unpaired) electrons. The van der Waals surface area contributed by atoms with Gasteiger partial charge in [-0.05, 0) is 30.7 Å². The van der Waals surface area contributed by atoms with Crippen LogP contribution in [-0.2, 0) is 6.18 Å². The van der Waals surface area contributed by atoms with Crippen molar-refractivity contribution in [2.45, 2.75) is 19.1 Å². The normalized spacial score (nSPS) is 12.5. The number of benzene rings is 1. The predicted octanol–water partition coefficient (Wildman–Crippen LogP) is 4.79. The molecule has 0 spiro atoms. The second kappa shape index (κ2) is 7.60. The fraction of sp³-hybridized carbons (Fsp3) is 0.143. The van der Waals surface area contributed by atoms with Crippen LogP contribution in [0.5, 0.6) is 5.75 Å². The van der Waals surface area contributed by atoms with Gasteiger partial charge in [0.2, 0.25) is 5.95 Å². The van der Waals surface area contributed by atoms with Crippen LogP contribution in [0.25, 0.3) is 22.3 Å². The Labute approximate surface area is 174 Å². The summed E-state index contributed by atoms with van der Waals surface area (Å²) < 4.78 is 39.4. The number of alkyl halides is 3. The van der Waals surface area contributed by atoms with Crippen LogP contribution in [0.3, 0.4) is 0 Å². The van der Waals surface area contributed by atoms with Crippen LogP contribution in [-0.4, -0.2) is 25.0 Å². The van der Waals surface area contributed by atoms with Gasteiger partial charge in [0.05, 0.1) is 29.1 Å². The molecule has 156 valence electrons. The maximum Gasteiger partial charge on any atom is 0.417 e. The number of nitrogens with zero attached hydrogens (tertiary/aromatic N) is 4. The summed E-state index contributed by atoms with van der Waals surface area (Å²) in [4.78, 5) is 15.2. The molecule has 1 atom stereocenters. The number of anilines is 1. The minimum Gasteiger partial charge on any atom is -0.508 e. The lowest BCUT2D eigenvalue weighted by Crippen LogP contribution is -2.10. The Morgan fingerprint density at radius 1 is 1.16 bits per heavy atom. The number of phenols is 1. The van der Waals surface area contributed by atoms with Crippen molar-refractivity contribution in [3.05, 3.63) is 65.6 Å². The molecular formula is C21H15F3N6O. The molecule has 3 heterocycles. The smallest absolute Gasteiger partial charge is 0.417 e. The number of phenolic OH excluding ortho intramolecular Hbond substituents is 1. The van der Waals surface area contributed by atoms with Gasteiger partial charge in [0.25, 0.3) is 0 Å². The van der Waals surface area contributed by atoms with Crippen LogP contribution >= 0.6 is 0 Å². The Balaban J connectivity index is 1.75. The van der Waals surface area contributed by atoms with Crippen LogP contribution in [0.1, 0.15) is 29.7 Å². The molecule has 10 heteroatoms. The molecule has 0 unspecified atom stereocenters. The number of halogens is 3. The zero-order valence-electron chi connectivity index (χ0n) is 16.1. The number of nitrogens with one attached hydrogen (secondary N) is 2. The van der Waals surface area contributed by atoms with Gasteiger partial charge in [0, 0.05) is 23.3 Å². The number of rotatable bonds is 4. The highest BCUT2D eigenvalue weighted by atomic mass is 19.4. The van der Waals surface area contributed by atoms with Crippen molar-refractivity contribution in [2.24, 2.45) is 0 Å². The molecule has 0 amide bonds. The van der Waals surface area contributed by atoms with Crippen LogP contribution in [0.4, 0.5) is 19.1 Å². The van der Waals surface area contributed by atoms with E-state index >= 15 is 0 Å². The third-order valence-electron chi connectivity index (χ3n) is 4.76. The van der Waals surface area contributed by atoms with Crippen molar-refractivity contribution in [3.63, 3.8) is 0 Å². The average Bonchev–Trinajstić information content (AvgIpc) is 3.16. The molecule has 0 aliphatic heterocycles.